The second kappa shape index (κ2) is 3.54. The second-order valence-corrected chi connectivity index (χ2v) is 3.06. The Bertz CT molecular complexity index is 324. The van der Waals surface area contributed by atoms with Crippen LogP contribution in [0, 0.1) is 11.3 Å². The monoisotopic (exact) mass is 181 g/mol. The Kier molecular flexibility index (Phi) is 2.63. The summed E-state index contributed by atoms with van der Waals surface area (Å²) in [5, 5.41) is 12.1. The summed E-state index contributed by atoms with van der Waals surface area (Å²) in [6.07, 6.45) is 0.132. The summed E-state index contributed by atoms with van der Waals surface area (Å²) in [5.74, 6) is 0.780. The fraction of sp³-hybridized carbons (Fsp3) is 0.625. The summed E-state index contributed by atoms with van der Waals surface area (Å²) < 4.78 is 9.98. The zero-order valence-electron chi connectivity index (χ0n) is 7.87. The van der Waals surface area contributed by atoms with E-state index in [1.807, 2.05) is 19.9 Å². The largest absolute Gasteiger partial charge is 0.371 e. The number of rotatable bonds is 3. The van der Waals surface area contributed by atoms with Crippen LogP contribution in [0.5, 0.6) is 0 Å². The molecule has 0 atom stereocenters. The molecule has 0 fully saturated rings. The molecule has 0 spiro atoms. The van der Waals surface area contributed by atoms with Crippen LogP contribution in [-0.2, 0) is 16.8 Å². The molecule has 5 heteroatoms. The van der Waals surface area contributed by atoms with Crippen molar-refractivity contribution in [2.24, 2.45) is 0 Å². The molecular formula is C8H11N3O2. The van der Waals surface area contributed by atoms with Gasteiger partial charge in [-0.1, -0.05) is 5.16 Å². The number of aromatic nitrogens is 2. The predicted octanol–water partition coefficient (Wildman–Crippen LogP) is 1.02. The molecule has 0 aliphatic rings. The van der Waals surface area contributed by atoms with Crippen molar-refractivity contribution >= 4 is 0 Å². The van der Waals surface area contributed by atoms with Gasteiger partial charge in [0.25, 0.3) is 0 Å². The summed E-state index contributed by atoms with van der Waals surface area (Å²) in [4.78, 5) is 4.02. The van der Waals surface area contributed by atoms with Crippen molar-refractivity contribution in [1.29, 1.82) is 5.26 Å². The molecule has 1 aromatic heterocycles. The molecule has 1 heterocycles. The van der Waals surface area contributed by atoms with Crippen LogP contribution in [-0.4, -0.2) is 17.3 Å². The highest BCUT2D eigenvalue weighted by Crippen LogP contribution is 2.20. The van der Waals surface area contributed by atoms with Gasteiger partial charge < -0.3 is 9.26 Å². The van der Waals surface area contributed by atoms with Crippen LogP contribution in [0.4, 0.5) is 0 Å². The smallest absolute Gasteiger partial charge is 0.240 e. The van der Waals surface area contributed by atoms with Crippen LogP contribution in [0.1, 0.15) is 25.6 Å². The zero-order valence-corrected chi connectivity index (χ0v) is 7.87. The van der Waals surface area contributed by atoms with Crippen LogP contribution in [0.25, 0.3) is 0 Å². The van der Waals surface area contributed by atoms with Gasteiger partial charge in [-0.25, -0.2) is 0 Å². The van der Waals surface area contributed by atoms with E-state index in [1.54, 1.807) is 7.11 Å². The molecule has 0 N–H and O–H groups in total. The van der Waals surface area contributed by atoms with E-state index in [-0.39, 0.29) is 6.42 Å². The molecule has 0 radical (unpaired) electrons. The van der Waals surface area contributed by atoms with E-state index >= 15 is 0 Å². The fourth-order valence-electron chi connectivity index (χ4n) is 0.730. The van der Waals surface area contributed by atoms with Gasteiger partial charge in [0.15, 0.2) is 0 Å². The highest BCUT2D eigenvalue weighted by Gasteiger charge is 2.25. The first kappa shape index (κ1) is 9.68. The minimum absolute atomic E-state index is 0.132. The maximum atomic E-state index is 8.38. The first-order chi connectivity index (χ1) is 6.10. The molecule has 0 unspecified atom stereocenters. The number of methoxy groups -OCH3 is 1. The Morgan fingerprint density at radius 2 is 2.31 bits per heavy atom. The van der Waals surface area contributed by atoms with Crippen LogP contribution in [0.2, 0.25) is 0 Å². The molecule has 5 nitrogen and oxygen atoms in total. The Labute approximate surface area is 76.3 Å². The fourth-order valence-corrected chi connectivity index (χ4v) is 0.730. The van der Waals surface area contributed by atoms with E-state index in [0.29, 0.717) is 11.7 Å². The highest BCUT2D eigenvalue weighted by molar-refractivity contribution is 4.99. The molecule has 0 aromatic carbocycles. The lowest BCUT2D eigenvalue weighted by Crippen LogP contribution is -2.21. The third-order valence-corrected chi connectivity index (χ3v) is 1.75. The SMILES string of the molecule is COC(C)(C)c1noc(CC#N)n1. The molecule has 13 heavy (non-hydrogen) atoms. The van der Waals surface area contributed by atoms with Gasteiger partial charge in [-0.15, -0.1) is 0 Å². The maximum Gasteiger partial charge on any atom is 0.240 e. The average molecular weight is 181 g/mol. The molecule has 1 rings (SSSR count). The number of nitriles is 1. The van der Waals surface area contributed by atoms with Crippen LogP contribution in [0.15, 0.2) is 4.52 Å². The van der Waals surface area contributed by atoms with E-state index in [2.05, 4.69) is 10.1 Å². The minimum Gasteiger partial charge on any atom is -0.371 e. The molecule has 1 aromatic rings. The number of ether oxygens (including phenoxy) is 1. The molecule has 70 valence electrons. The van der Waals surface area contributed by atoms with Crippen molar-refractivity contribution in [2.45, 2.75) is 25.9 Å². The number of hydrogen-bond donors (Lipinski definition) is 0. The summed E-state index contributed by atoms with van der Waals surface area (Å²) in [5.41, 5.74) is -0.572. The van der Waals surface area contributed by atoms with E-state index in [4.69, 9.17) is 14.5 Å². The van der Waals surface area contributed by atoms with Crippen LogP contribution in [0.3, 0.4) is 0 Å². The normalized spacial score (nSPS) is 11.2. The standard InChI is InChI=1S/C8H11N3O2/c1-8(2,12-3)7-10-6(4-5-9)13-11-7/h4H2,1-3H3. The predicted molar refractivity (Wildman–Crippen MR) is 43.7 cm³/mol. The maximum absolute atomic E-state index is 8.38. The topological polar surface area (TPSA) is 71.9 Å². The molecular weight excluding hydrogens is 170 g/mol. The third kappa shape index (κ3) is 2.04. The van der Waals surface area contributed by atoms with Gasteiger partial charge in [-0.2, -0.15) is 10.2 Å². The number of nitrogens with zero attached hydrogens (tertiary/aromatic N) is 3. The van der Waals surface area contributed by atoms with Crippen LogP contribution >= 0.6 is 0 Å². The van der Waals surface area contributed by atoms with Crippen molar-refractivity contribution in [3.8, 4) is 6.07 Å². The summed E-state index contributed by atoms with van der Waals surface area (Å²) in [7, 11) is 1.57. The van der Waals surface area contributed by atoms with E-state index in [0.717, 1.165) is 0 Å². The molecule has 0 aliphatic carbocycles. The molecule has 0 bridgehead atoms. The Balaban J connectivity index is 2.86. The average Bonchev–Trinajstić information content (AvgIpc) is 2.54. The van der Waals surface area contributed by atoms with Crippen molar-refractivity contribution in [2.75, 3.05) is 7.11 Å². The van der Waals surface area contributed by atoms with Crippen molar-refractivity contribution in [3.63, 3.8) is 0 Å². The summed E-state index contributed by atoms with van der Waals surface area (Å²) in [6, 6.07) is 1.93. The molecule has 0 saturated heterocycles. The van der Waals surface area contributed by atoms with Gasteiger partial charge in [0.1, 0.15) is 12.0 Å². The van der Waals surface area contributed by atoms with Gasteiger partial charge in [0, 0.05) is 7.11 Å². The first-order valence-electron chi connectivity index (χ1n) is 3.85. The number of hydrogen-bond acceptors (Lipinski definition) is 5. The first-order valence-corrected chi connectivity index (χ1v) is 3.85. The quantitative estimate of drug-likeness (QED) is 0.696. The Morgan fingerprint density at radius 3 is 2.85 bits per heavy atom. The highest BCUT2D eigenvalue weighted by atomic mass is 16.5. The summed E-state index contributed by atoms with van der Waals surface area (Å²) >= 11 is 0. The van der Waals surface area contributed by atoms with Gasteiger partial charge in [-0.05, 0) is 13.8 Å². The lowest BCUT2D eigenvalue weighted by Gasteiger charge is -2.17. The molecule has 0 amide bonds. The lowest BCUT2D eigenvalue weighted by atomic mass is 10.1. The lowest BCUT2D eigenvalue weighted by molar-refractivity contribution is 0.00973. The van der Waals surface area contributed by atoms with Crippen molar-refractivity contribution in [1.82, 2.24) is 10.1 Å². The van der Waals surface area contributed by atoms with Crippen molar-refractivity contribution in [3.05, 3.63) is 11.7 Å². The summed E-state index contributed by atoms with van der Waals surface area (Å²) in [6.45, 7) is 3.65. The van der Waals surface area contributed by atoms with Gasteiger partial charge in [-0.3, -0.25) is 0 Å². The minimum atomic E-state index is -0.572. The Hall–Kier alpha value is -1.41. The van der Waals surface area contributed by atoms with Crippen molar-refractivity contribution < 1.29 is 9.26 Å². The third-order valence-electron chi connectivity index (χ3n) is 1.75. The van der Waals surface area contributed by atoms with Gasteiger partial charge >= 0.3 is 0 Å². The van der Waals surface area contributed by atoms with Gasteiger partial charge in [0.2, 0.25) is 11.7 Å². The Morgan fingerprint density at radius 1 is 1.62 bits per heavy atom. The zero-order chi connectivity index (χ0) is 9.90. The molecule has 0 saturated carbocycles. The van der Waals surface area contributed by atoms with E-state index < -0.39 is 5.60 Å². The van der Waals surface area contributed by atoms with E-state index in [1.165, 1.54) is 0 Å². The van der Waals surface area contributed by atoms with Gasteiger partial charge in [0.05, 0.1) is 6.07 Å². The molecule has 0 aliphatic heterocycles. The van der Waals surface area contributed by atoms with E-state index in [9.17, 15) is 0 Å². The van der Waals surface area contributed by atoms with Crippen LogP contribution < -0.4 is 0 Å². The second-order valence-electron chi connectivity index (χ2n) is 3.06.